The molecule has 0 radical (unpaired) electrons. The van der Waals surface area contributed by atoms with Crippen LogP contribution in [0.15, 0.2) is 35.4 Å². The maximum absolute atomic E-state index is 11.4. The fraction of sp³-hybridized carbons (Fsp3) is 0.125. The molecule has 1 aromatic rings. The predicted octanol–water partition coefficient (Wildman–Crippen LogP) is 2.90. The number of nitrogens with zero attached hydrogens (tertiary/aromatic N) is 3. The summed E-state index contributed by atoms with van der Waals surface area (Å²) in [6.07, 6.45) is 0. The molecule has 0 bridgehead atoms. The zero-order chi connectivity index (χ0) is 9.68. The van der Waals surface area contributed by atoms with Crippen molar-refractivity contribution in [3.05, 3.63) is 46.3 Å². The van der Waals surface area contributed by atoms with E-state index in [9.17, 15) is 4.79 Å². The molecule has 5 heteroatoms. The highest BCUT2D eigenvalue weighted by atomic mass is 79.9. The van der Waals surface area contributed by atoms with Gasteiger partial charge in [0.15, 0.2) is 10.7 Å². The molecule has 13 heavy (non-hydrogen) atoms. The standard InChI is InChI=1S/C8H6BrN3O/c9-8(11-12-10)7(13)6-4-2-1-3-5-6/h1-5,8H. The van der Waals surface area contributed by atoms with E-state index in [0.717, 1.165) is 0 Å². The molecule has 1 atom stereocenters. The smallest absolute Gasteiger partial charge is 0.182 e. The summed E-state index contributed by atoms with van der Waals surface area (Å²) in [5, 5.41) is 3.25. The average Bonchev–Trinajstić information content (AvgIpc) is 2.18. The molecular formula is C8H6BrN3O. The van der Waals surface area contributed by atoms with E-state index in [0.29, 0.717) is 5.56 Å². The van der Waals surface area contributed by atoms with Gasteiger partial charge in [0.2, 0.25) is 0 Å². The average molecular weight is 240 g/mol. The Morgan fingerprint density at radius 3 is 2.62 bits per heavy atom. The minimum absolute atomic E-state index is 0.238. The summed E-state index contributed by atoms with van der Waals surface area (Å²) < 4.78 is 0. The van der Waals surface area contributed by atoms with E-state index in [1.165, 1.54) is 0 Å². The van der Waals surface area contributed by atoms with E-state index in [4.69, 9.17) is 5.53 Å². The molecule has 1 aromatic carbocycles. The first-order chi connectivity index (χ1) is 6.25. The molecule has 0 amide bonds. The Hall–Kier alpha value is -1.32. The summed E-state index contributed by atoms with van der Waals surface area (Å²) in [5.74, 6) is -0.238. The topological polar surface area (TPSA) is 65.8 Å². The molecule has 0 saturated carbocycles. The van der Waals surface area contributed by atoms with Gasteiger partial charge in [0.1, 0.15) is 0 Å². The van der Waals surface area contributed by atoms with Gasteiger partial charge in [-0.25, -0.2) is 0 Å². The molecule has 0 aromatic heterocycles. The third kappa shape index (κ3) is 2.57. The zero-order valence-electron chi connectivity index (χ0n) is 6.59. The van der Waals surface area contributed by atoms with Crippen molar-refractivity contribution in [2.75, 3.05) is 0 Å². The van der Waals surface area contributed by atoms with Gasteiger partial charge < -0.3 is 0 Å². The van der Waals surface area contributed by atoms with Crippen LogP contribution in [-0.4, -0.2) is 10.7 Å². The highest BCUT2D eigenvalue weighted by Gasteiger charge is 2.13. The number of carbonyl (C=O) groups excluding carboxylic acids is 1. The number of carbonyl (C=O) groups is 1. The molecule has 1 unspecified atom stereocenters. The number of alkyl halides is 1. The third-order valence-corrected chi connectivity index (χ3v) is 2.03. The Bertz CT molecular complexity index is 346. The molecule has 0 heterocycles. The van der Waals surface area contributed by atoms with Crippen molar-refractivity contribution in [1.29, 1.82) is 0 Å². The Labute approximate surface area is 83.3 Å². The summed E-state index contributed by atoms with van der Waals surface area (Å²) in [6, 6.07) is 8.66. The van der Waals surface area contributed by atoms with E-state index >= 15 is 0 Å². The van der Waals surface area contributed by atoms with Gasteiger partial charge in [0.05, 0.1) is 0 Å². The fourth-order valence-electron chi connectivity index (χ4n) is 0.838. The van der Waals surface area contributed by atoms with E-state index in [2.05, 4.69) is 26.0 Å². The first-order valence-corrected chi connectivity index (χ1v) is 4.45. The Morgan fingerprint density at radius 1 is 1.46 bits per heavy atom. The summed E-state index contributed by atoms with van der Waals surface area (Å²) in [4.78, 5) is 13.1. The fourth-order valence-corrected chi connectivity index (χ4v) is 1.18. The van der Waals surface area contributed by atoms with Crippen molar-refractivity contribution in [2.45, 2.75) is 4.95 Å². The normalized spacial score (nSPS) is 11.5. The van der Waals surface area contributed by atoms with Crippen LogP contribution in [0.25, 0.3) is 10.4 Å². The number of Topliss-reactive ketones (excluding diaryl/α,β-unsaturated/α-hetero) is 1. The first kappa shape index (κ1) is 9.77. The second kappa shape index (κ2) is 4.64. The molecule has 1 rings (SSSR count). The number of rotatable bonds is 3. The van der Waals surface area contributed by atoms with E-state index in [-0.39, 0.29) is 5.78 Å². The van der Waals surface area contributed by atoms with Crippen molar-refractivity contribution < 1.29 is 4.79 Å². The lowest BCUT2D eigenvalue weighted by atomic mass is 10.1. The highest BCUT2D eigenvalue weighted by molar-refractivity contribution is 9.10. The molecule has 0 fully saturated rings. The lowest BCUT2D eigenvalue weighted by Gasteiger charge is -2.00. The van der Waals surface area contributed by atoms with Crippen molar-refractivity contribution >= 4 is 21.7 Å². The Morgan fingerprint density at radius 2 is 2.08 bits per heavy atom. The maximum atomic E-state index is 11.4. The number of benzene rings is 1. The van der Waals surface area contributed by atoms with Crippen LogP contribution < -0.4 is 0 Å². The molecule has 66 valence electrons. The van der Waals surface area contributed by atoms with E-state index in [1.54, 1.807) is 24.3 Å². The van der Waals surface area contributed by atoms with Gasteiger partial charge in [-0.2, -0.15) is 0 Å². The van der Waals surface area contributed by atoms with Crippen LogP contribution in [-0.2, 0) is 0 Å². The maximum Gasteiger partial charge on any atom is 0.182 e. The van der Waals surface area contributed by atoms with Gasteiger partial charge in [-0.3, -0.25) is 4.79 Å². The predicted molar refractivity (Wildman–Crippen MR) is 52.6 cm³/mol. The Balaban J connectivity index is 2.86. The van der Waals surface area contributed by atoms with Gasteiger partial charge in [-0.05, 0) is 5.53 Å². The van der Waals surface area contributed by atoms with Crippen LogP contribution in [0.3, 0.4) is 0 Å². The number of ketones is 1. The number of halogens is 1. The van der Waals surface area contributed by atoms with Crippen molar-refractivity contribution in [3.63, 3.8) is 0 Å². The van der Waals surface area contributed by atoms with Gasteiger partial charge >= 0.3 is 0 Å². The van der Waals surface area contributed by atoms with Crippen LogP contribution in [0, 0.1) is 0 Å². The van der Waals surface area contributed by atoms with Gasteiger partial charge in [-0.1, -0.05) is 51.4 Å². The molecule has 4 nitrogen and oxygen atoms in total. The molecule has 0 aliphatic carbocycles. The summed E-state index contributed by atoms with van der Waals surface area (Å²) in [7, 11) is 0. The largest absolute Gasteiger partial charge is 0.293 e. The summed E-state index contributed by atoms with van der Waals surface area (Å²) in [6.45, 7) is 0. The van der Waals surface area contributed by atoms with Crippen molar-refractivity contribution in [2.24, 2.45) is 5.11 Å². The number of hydrogen-bond donors (Lipinski definition) is 0. The number of azide groups is 1. The third-order valence-electron chi connectivity index (χ3n) is 1.43. The second-order valence-electron chi connectivity index (χ2n) is 2.27. The zero-order valence-corrected chi connectivity index (χ0v) is 8.18. The van der Waals surface area contributed by atoms with E-state index in [1.807, 2.05) is 6.07 Å². The van der Waals surface area contributed by atoms with Crippen LogP contribution >= 0.6 is 15.9 Å². The summed E-state index contributed by atoms with van der Waals surface area (Å²) in [5.41, 5.74) is 8.63. The molecule has 0 aliphatic rings. The minimum Gasteiger partial charge on any atom is -0.293 e. The van der Waals surface area contributed by atoms with Gasteiger partial charge in [-0.15, -0.1) is 0 Å². The molecule has 0 spiro atoms. The van der Waals surface area contributed by atoms with Crippen molar-refractivity contribution in [3.8, 4) is 0 Å². The van der Waals surface area contributed by atoms with Crippen LogP contribution in [0.2, 0.25) is 0 Å². The molecule has 0 N–H and O–H groups in total. The first-order valence-electron chi connectivity index (χ1n) is 3.53. The monoisotopic (exact) mass is 239 g/mol. The summed E-state index contributed by atoms with van der Waals surface area (Å²) >= 11 is 2.97. The molecule has 0 saturated heterocycles. The molecule has 0 aliphatic heterocycles. The van der Waals surface area contributed by atoms with Crippen molar-refractivity contribution in [1.82, 2.24) is 0 Å². The van der Waals surface area contributed by atoms with Gasteiger partial charge in [0, 0.05) is 10.5 Å². The minimum atomic E-state index is -0.820. The highest BCUT2D eigenvalue weighted by Crippen LogP contribution is 2.11. The van der Waals surface area contributed by atoms with Crippen LogP contribution in [0.1, 0.15) is 10.4 Å². The van der Waals surface area contributed by atoms with Crippen LogP contribution in [0.5, 0.6) is 0 Å². The Kier molecular flexibility index (Phi) is 3.49. The molecular weight excluding hydrogens is 234 g/mol. The van der Waals surface area contributed by atoms with Gasteiger partial charge in [0.25, 0.3) is 0 Å². The lowest BCUT2D eigenvalue weighted by molar-refractivity contribution is 0.0993. The quantitative estimate of drug-likeness (QED) is 0.200. The second-order valence-corrected chi connectivity index (χ2v) is 3.14. The SMILES string of the molecule is [N-]=[N+]=NC(Br)C(=O)c1ccccc1. The van der Waals surface area contributed by atoms with E-state index < -0.39 is 4.95 Å². The van der Waals surface area contributed by atoms with Crippen LogP contribution in [0.4, 0.5) is 0 Å². The number of hydrogen-bond acceptors (Lipinski definition) is 2. The lowest BCUT2D eigenvalue weighted by Crippen LogP contribution is -2.10.